The van der Waals surface area contributed by atoms with Crippen molar-refractivity contribution in [1.82, 2.24) is 13.4 Å². The Kier molecular flexibility index (Phi) is 5.62. The summed E-state index contributed by atoms with van der Waals surface area (Å²) in [5.74, 6) is 0. The number of hydrogen-bond donors (Lipinski definition) is 0. The number of fused-ring (bicyclic) bond motifs is 9. The van der Waals surface area contributed by atoms with E-state index in [2.05, 4.69) is 181 Å². The first-order valence-electron chi connectivity index (χ1n) is 16.3. The van der Waals surface area contributed by atoms with Gasteiger partial charge in [-0.15, -0.1) is 0 Å². The summed E-state index contributed by atoms with van der Waals surface area (Å²) in [5.41, 5.74) is 9.99. The molecule has 0 aliphatic carbocycles. The first kappa shape index (κ1) is 27.3. The molecule has 0 saturated carbocycles. The van der Waals surface area contributed by atoms with Crippen molar-refractivity contribution in [2.75, 3.05) is 0 Å². The molecule has 4 heteroatoms. The number of benzene rings is 6. The highest BCUT2D eigenvalue weighted by Gasteiger charge is 2.39. The molecule has 0 radical (unpaired) electrons. The second-order valence-electron chi connectivity index (χ2n) is 14.3. The Morgan fingerprint density at radius 3 is 1.04 bits per heavy atom. The van der Waals surface area contributed by atoms with Crippen LogP contribution in [0, 0.1) is 0 Å². The minimum Gasteiger partial charge on any atom is -0.368 e. The SMILES string of the molecule is CC(C)(C)[Si](C)(C)n1c2ccc(-n3c4ccccc4c4ccccc43)cc2c2cc(-n3c4ccccc4c4ccccc43)ccc21. The molecule has 3 heterocycles. The fourth-order valence-electron chi connectivity index (χ4n) is 7.62. The Bertz CT molecular complexity index is 2380. The van der Waals surface area contributed by atoms with E-state index in [0.717, 1.165) is 0 Å². The van der Waals surface area contributed by atoms with Gasteiger partial charge in [0.2, 0.25) is 0 Å². The normalized spacial score (nSPS) is 12.9. The van der Waals surface area contributed by atoms with E-state index in [1.54, 1.807) is 0 Å². The van der Waals surface area contributed by atoms with Crippen molar-refractivity contribution in [2.45, 2.75) is 38.9 Å². The molecule has 0 spiro atoms. The van der Waals surface area contributed by atoms with Gasteiger partial charge in [0.05, 0.1) is 22.1 Å². The lowest BCUT2D eigenvalue weighted by Crippen LogP contribution is -2.45. The minimum atomic E-state index is -2.00. The molecule has 6 aromatic carbocycles. The maximum Gasteiger partial charge on any atom is 0.161 e. The van der Waals surface area contributed by atoms with Crippen molar-refractivity contribution < 1.29 is 0 Å². The number of rotatable bonds is 3. The molecule has 0 aliphatic rings. The zero-order valence-electron chi connectivity index (χ0n) is 27.0. The van der Waals surface area contributed by atoms with Crippen LogP contribution in [0.15, 0.2) is 133 Å². The molecule has 0 amide bonds. The second kappa shape index (κ2) is 9.48. The van der Waals surface area contributed by atoms with Crippen molar-refractivity contribution in [1.29, 1.82) is 0 Å². The van der Waals surface area contributed by atoms with Gasteiger partial charge >= 0.3 is 0 Å². The van der Waals surface area contributed by atoms with Gasteiger partial charge in [0.25, 0.3) is 0 Å². The fourth-order valence-corrected chi connectivity index (χ4v) is 9.88. The maximum atomic E-state index is 2.73. The number of para-hydroxylation sites is 4. The van der Waals surface area contributed by atoms with Crippen LogP contribution < -0.4 is 0 Å². The third-order valence-corrected chi connectivity index (χ3v) is 16.1. The highest BCUT2D eigenvalue weighted by atomic mass is 28.3. The molecule has 9 rings (SSSR count). The van der Waals surface area contributed by atoms with Gasteiger partial charge in [0, 0.05) is 54.7 Å². The Balaban J connectivity index is 1.39. The lowest BCUT2D eigenvalue weighted by Gasteiger charge is -2.39. The van der Waals surface area contributed by atoms with Crippen LogP contribution in [0.4, 0.5) is 0 Å². The van der Waals surface area contributed by atoms with Crippen LogP contribution in [0.3, 0.4) is 0 Å². The van der Waals surface area contributed by atoms with Gasteiger partial charge in [-0.1, -0.05) is 107 Å². The zero-order chi connectivity index (χ0) is 31.4. The first-order chi connectivity index (χ1) is 22.2. The van der Waals surface area contributed by atoms with Crippen molar-refractivity contribution >= 4 is 73.7 Å². The molecule has 0 fully saturated rings. The highest BCUT2D eigenvalue weighted by Crippen LogP contribution is 2.44. The summed E-state index contributed by atoms with van der Waals surface area (Å²) in [4.78, 5) is 0. The van der Waals surface area contributed by atoms with Crippen molar-refractivity contribution in [3.63, 3.8) is 0 Å². The lowest BCUT2D eigenvalue weighted by atomic mass is 10.1. The first-order valence-corrected chi connectivity index (χ1v) is 19.2. The predicted octanol–water partition coefficient (Wildman–Crippen LogP) is 11.8. The average Bonchev–Trinajstić information content (AvgIpc) is 3.69. The molecular formula is C42H37N3Si. The second-order valence-corrected chi connectivity index (χ2v) is 19.4. The quantitative estimate of drug-likeness (QED) is 0.177. The van der Waals surface area contributed by atoms with Crippen molar-refractivity contribution in [2.24, 2.45) is 0 Å². The summed E-state index contributed by atoms with van der Waals surface area (Å²) in [5, 5.41) is 7.93. The van der Waals surface area contributed by atoms with E-state index in [1.165, 1.54) is 76.8 Å². The van der Waals surface area contributed by atoms with Crippen LogP contribution in [0.2, 0.25) is 18.1 Å². The summed E-state index contributed by atoms with van der Waals surface area (Å²) < 4.78 is 7.61. The zero-order valence-corrected chi connectivity index (χ0v) is 28.0. The van der Waals surface area contributed by atoms with E-state index in [0.29, 0.717) is 0 Å². The Labute approximate surface area is 270 Å². The molecule has 9 aromatic rings. The van der Waals surface area contributed by atoms with E-state index >= 15 is 0 Å². The summed E-state index contributed by atoms with van der Waals surface area (Å²) in [6.45, 7) is 12.3. The molecule has 0 bridgehead atoms. The topological polar surface area (TPSA) is 14.8 Å². The van der Waals surface area contributed by atoms with Gasteiger partial charge in [-0.3, -0.25) is 0 Å². The predicted molar refractivity (Wildman–Crippen MR) is 201 cm³/mol. The highest BCUT2D eigenvalue weighted by molar-refractivity contribution is 6.80. The van der Waals surface area contributed by atoms with E-state index in [-0.39, 0.29) is 5.04 Å². The molecule has 46 heavy (non-hydrogen) atoms. The summed E-state index contributed by atoms with van der Waals surface area (Å²) in [6.07, 6.45) is 0. The Hall–Kier alpha value is -5.06. The fraction of sp³-hybridized carbons (Fsp3) is 0.143. The van der Waals surface area contributed by atoms with E-state index in [9.17, 15) is 0 Å². The van der Waals surface area contributed by atoms with Crippen LogP contribution in [-0.4, -0.2) is 21.6 Å². The summed E-state index contributed by atoms with van der Waals surface area (Å²) in [7, 11) is -2.00. The van der Waals surface area contributed by atoms with Gasteiger partial charge in [0.1, 0.15) is 0 Å². The van der Waals surface area contributed by atoms with Crippen LogP contribution >= 0.6 is 0 Å². The number of nitrogens with zero attached hydrogens (tertiary/aromatic N) is 3. The molecule has 224 valence electrons. The van der Waals surface area contributed by atoms with Crippen LogP contribution in [0.1, 0.15) is 20.8 Å². The molecule has 0 N–H and O–H groups in total. The molecule has 0 atom stereocenters. The molecular weight excluding hydrogens is 575 g/mol. The standard InChI is InChI=1S/C42H37N3Si/c1-42(2,3)46(4,5)45-40-24-22-28(43-36-18-10-6-14-30(36)31-15-7-11-19-37(31)43)26-34(40)35-27-29(23-25-41(35)45)44-38-20-12-8-16-32(38)33-17-9-13-21-39(33)44/h6-27H,1-5H3. The van der Waals surface area contributed by atoms with Gasteiger partial charge in [-0.2, -0.15) is 0 Å². The molecule has 0 unspecified atom stereocenters. The van der Waals surface area contributed by atoms with Crippen LogP contribution in [-0.2, 0) is 0 Å². The van der Waals surface area contributed by atoms with E-state index < -0.39 is 8.24 Å². The van der Waals surface area contributed by atoms with Gasteiger partial charge < -0.3 is 13.4 Å². The van der Waals surface area contributed by atoms with E-state index in [1.807, 2.05) is 0 Å². The van der Waals surface area contributed by atoms with Crippen LogP contribution in [0.25, 0.3) is 76.8 Å². The Morgan fingerprint density at radius 2 is 0.717 bits per heavy atom. The van der Waals surface area contributed by atoms with Gasteiger partial charge in [0.15, 0.2) is 8.24 Å². The third kappa shape index (κ3) is 3.65. The van der Waals surface area contributed by atoms with Gasteiger partial charge in [-0.05, 0) is 65.7 Å². The summed E-state index contributed by atoms with van der Waals surface area (Å²) >= 11 is 0. The molecule has 0 saturated heterocycles. The minimum absolute atomic E-state index is 0.170. The maximum absolute atomic E-state index is 2.73. The largest absolute Gasteiger partial charge is 0.368 e. The number of hydrogen-bond acceptors (Lipinski definition) is 0. The third-order valence-electron chi connectivity index (χ3n) is 10.8. The van der Waals surface area contributed by atoms with Crippen molar-refractivity contribution in [3.05, 3.63) is 133 Å². The Morgan fingerprint density at radius 1 is 0.391 bits per heavy atom. The van der Waals surface area contributed by atoms with Gasteiger partial charge in [-0.25, -0.2) is 0 Å². The molecule has 0 aliphatic heterocycles. The summed E-state index contributed by atoms with van der Waals surface area (Å²) in [6, 6.07) is 49.5. The van der Waals surface area contributed by atoms with Crippen molar-refractivity contribution in [3.8, 4) is 11.4 Å². The number of aromatic nitrogens is 3. The van der Waals surface area contributed by atoms with Crippen LogP contribution in [0.5, 0.6) is 0 Å². The smallest absolute Gasteiger partial charge is 0.161 e. The lowest BCUT2D eigenvalue weighted by molar-refractivity contribution is 0.706. The van der Waals surface area contributed by atoms with E-state index in [4.69, 9.17) is 0 Å². The molecule has 3 nitrogen and oxygen atoms in total. The molecule has 3 aromatic heterocycles. The average molecular weight is 612 g/mol. The monoisotopic (exact) mass is 611 g/mol.